The fourth-order valence-electron chi connectivity index (χ4n) is 4.24. The van der Waals surface area contributed by atoms with Gasteiger partial charge < -0.3 is 29.4 Å². The number of likely N-dealkylation sites (tertiary alicyclic amines) is 1. The lowest BCUT2D eigenvalue weighted by molar-refractivity contribution is 0.172. The molecule has 0 unspecified atom stereocenters. The van der Waals surface area contributed by atoms with Crippen molar-refractivity contribution >= 4 is 22.6 Å². The first-order valence-corrected chi connectivity index (χ1v) is 9.91. The van der Waals surface area contributed by atoms with Crippen molar-refractivity contribution in [1.82, 2.24) is 4.90 Å². The van der Waals surface area contributed by atoms with Crippen LogP contribution in [-0.4, -0.2) is 53.6 Å². The average molecular weight is 432 g/mol. The summed E-state index contributed by atoms with van der Waals surface area (Å²) in [6.45, 7) is 0.595. The summed E-state index contributed by atoms with van der Waals surface area (Å²) in [5, 5.41) is 31.2. The Morgan fingerprint density at radius 1 is 1.23 bits per heavy atom. The normalized spacial score (nSPS) is 19.5. The fourth-order valence-corrected chi connectivity index (χ4v) is 4.45. The molecule has 2 heterocycles. The van der Waals surface area contributed by atoms with Crippen LogP contribution < -0.4 is 10.2 Å². The van der Waals surface area contributed by atoms with Gasteiger partial charge in [0.05, 0.1) is 18.7 Å². The highest BCUT2D eigenvalue weighted by molar-refractivity contribution is 6.33. The smallest absolute Gasteiger partial charge is 0.197 e. The first kappa shape index (κ1) is 20.5. The minimum absolute atomic E-state index is 0.0168. The molecule has 0 bridgehead atoms. The lowest BCUT2D eigenvalue weighted by Crippen LogP contribution is -2.32. The number of nitrogens with zero attached hydrogens (tertiary/aromatic N) is 1. The Hall–Kier alpha value is -2.74. The maximum Gasteiger partial charge on any atom is 0.197 e. The van der Waals surface area contributed by atoms with Crippen LogP contribution in [0.3, 0.4) is 0 Å². The molecule has 0 spiro atoms. The van der Waals surface area contributed by atoms with Gasteiger partial charge in [-0.3, -0.25) is 4.79 Å². The van der Waals surface area contributed by atoms with E-state index in [9.17, 15) is 20.1 Å². The number of likely N-dealkylation sites (N-methyl/N-ethyl adjacent to an activating group) is 1. The van der Waals surface area contributed by atoms with Gasteiger partial charge in [-0.1, -0.05) is 11.6 Å². The third-order valence-electron chi connectivity index (χ3n) is 5.82. The summed E-state index contributed by atoms with van der Waals surface area (Å²) in [6.07, 6.45) is 0.656. The first-order valence-electron chi connectivity index (χ1n) is 9.53. The molecule has 1 fully saturated rings. The molecule has 1 aliphatic rings. The van der Waals surface area contributed by atoms with Crippen molar-refractivity contribution in [2.24, 2.45) is 0 Å². The van der Waals surface area contributed by atoms with Crippen molar-refractivity contribution < 1.29 is 24.5 Å². The number of fused-ring (bicyclic) bond motifs is 1. The molecule has 1 saturated heterocycles. The van der Waals surface area contributed by atoms with Crippen LogP contribution in [0.1, 0.15) is 17.9 Å². The summed E-state index contributed by atoms with van der Waals surface area (Å²) in [5.41, 5.74) is 0.471. The minimum Gasteiger partial charge on any atom is -0.507 e. The number of hydrogen-bond acceptors (Lipinski definition) is 7. The zero-order valence-corrected chi connectivity index (χ0v) is 17.3. The van der Waals surface area contributed by atoms with Gasteiger partial charge in [0.2, 0.25) is 0 Å². The monoisotopic (exact) mass is 431 g/mol. The molecular weight excluding hydrogens is 410 g/mol. The molecule has 158 valence electrons. The number of halogens is 1. The Bertz CT molecular complexity index is 1170. The van der Waals surface area contributed by atoms with Gasteiger partial charge in [0, 0.05) is 35.2 Å². The van der Waals surface area contributed by atoms with E-state index in [4.69, 9.17) is 20.8 Å². The molecule has 0 radical (unpaired) electrons. The highest BCUT2D eigenvalue weighted by Gasteiger charge is 2.36. The van der Waals surface area contributed by atoms with Gasteiger partial charge in [0.1, 0.15) is 34.0 Å². The predicted octanol–water partition coefficient (Wildman–Crippen LogP) is 3.31. The lowest BCUT2D eigenvalue weighted by Gasteiger charge is -2.24. The highest BCUT2D eigenvalue weighted by atomic mass is 35.5. The second-order valence-corrected chi connectivity index (χ2v) is 7.89. The van der Waals surface area contributed by atoms with E-state index in [-0.39, 0.29) is 46.8 Å². The maximum atomic E-state index is 12.9. The van der Waals surface area contributed by atoms with Crippen LogP contribution in [0.5, 0.6) is 17.2 Å². The van der Waals surface area contributed by atoms with Crippen LogP contribution >= 0.6 is 11.6 Å². The molecule has 1 aliphatic heterocycles. The number of benzene rings is 2. The van der Waals surface area contributed by atoms with E-state index >= 15 is 0 Å². The molecule has 1 aromatic heterocycles. The number of methoxy groups -OCH3 is 1. The molecule has 0 amide bonds. The number of aromatic hydroxyl groups is 2. The van der Waals surface area contributed by atoms with Gasteiger partial charge in [0.25, 0.3) is 0 Å². The van der Waals surface area contributed by atoms with Crippen LogP contribution in [0.25, 0.3) is 22.3 Å². The number of aliphatic hydroxyl groups excluding tert-OH is 1. The molecular formula is C22H22ClNO6. The number of rotatable bonds is 4. The van der Waals surface area contributed by atoms with Crippen molar-refractivity contribution in [3.8, 4) is 28.6 Å². The molecule has 30 heavy (non-hydrogen) atoms. The molecule has 3 aromatic rings. The number of phenolic OH excluding ortho intramolecular Hbond substituents is 2. The Labute approximate surface area is 177 Å². The first-order chi connectivity index (χ1) is 14.3. The molecule has 3 N–H and O–H groups in total. The van der Waals surface area contributed by atoms with E-state index in [2.05, 4.69) is 0 Å². The Kier molecular flexibility index (Phi) is 5.36. The third kappa shape index (κ3) is 3.29. The maximum absolute atomic E-state index is 12.9. The van der Waals surface area contributed by atoms with Gasteiger partial charge in [0.15, 0.2) is 5.43 Å². The highest BCUT2D eigenvalue weighted by Crippen LogP contribution is 2.44. The van der Waals surface area contributed by atoms with Gasteiger partial charge >= 0.3 is 0 Å². The average Bonchev–Trinajstić information content (AvgIpc) is 3.07. The van der Waals surface area contributed by atoms with Crippen LogP contribution in [-0.2, 0) is 0 Å². The fraction of sp³-hybridized carbons (Fsp3) is 0.318. The number of hydrogen-bond donors (Lipinski definition) is 3. The molecule has 4 rings (SSSR count). The van der Waals surface area contributed by atoms with Crippen molar-refractivity contribution in [2.75, 3.05) is 27.3 Å². The summed E-state index contributed by atoms with van der Waals surface area (Å²) in [5.74, 6) is -0.100. The summed E-state index contributed by atoms with van der Waals surface area (Å²) in [7, 11) is 3.40. The Morgan fingerprint density at radius 2 is 2.00 bits per heavy atom. The second kappa shape index (κ2) is 7.83. The van der Waals surface area contributed by atoms with Crippen molar-refractivity contribution in [2.45, 2.75) is 18.4 Å². The predicted molar refractivity (Wildman–Crippen MR) is 114 cm³/mol. The topological polar surface area (TPSA) is 103 Å². The van der Waals surface area contributed by atoms with Crippen LogP contribution in [0.2, 0.25) is 5.02 Å². The zero-order valence-electron chi connectivity index (χ0n) is 16.6. The Balaban J connectivity index is 2.01. The number of phenols is 2. The second-order valence-electron chi connectivity index (χ2n) is 7.48. The Morgan fingerprint density at radius 3 is 2.70 bits per heavy atom. The van der Waals surface area contributed by atoms with E-state index in [0.29, 0.717) is 34.9 Å². The van der Waals surface area contributed by atoms with Gasteiger partial charge in [-0.05, 0) is 38.2 Å². The molecule has 2 aromatic carbocycles. The van der Waals surface area contributed by atoms with Crippen LogP contribution in [0.15, 0.2) is 39.5 Å². The summed E-state index contributed by atoms with van der Waals surface area (Å²) < 4.78 is 11.3. The number of ether oxygens (including phenoxy) is 1. The minimum atomic E-state index is -0.462. The summed E-state index contributed by atoms with van der Waals surface area (Å²) >= 11 is 6.33. The van der Waals surface area contributed by atoms with Crippen molar-refractivity contribution in [3.63, 3.8) is 0 Å². The van der Waals surface area contributed by atoms with E-state index in [1.54, 1.807) is 18.2 Å². The van der Waals surface area contributed by atoms with Gasteiger partial charge in [-0.15, -0.1) is 0 Å². The zero-order chi connectivity index (χ0) is 21.6. The number of aliphatic hydroxyl groups is 1. The van der Waals surface area contributed by atoms with E-state index in [1.807, 2.05) is 11.9 Å². The summed E-state index contributed by atoms with van der Waals surface area (Å²) in [4.78, 5) is 14.9. The largest absolute Gasteiger partial charge is 0.507 e. The third-order valence-corrected chi connectivity index (χ3v) is 6.15. The van der Waals surface area contributed by atoms with Crippen LogP contribution in [0, 0.1) is 0 Å². The van der Waals surface area contributed by atoms with E-state index in [0.717, 1.165) is 6.07 Å². The van der Waals surface area contributed by atoms with Crippen LogP contribution in [0.4, 0.5) is 0 Å². The van der Waals surface area contributed by atoms with Gasteiger partial charge in [-0.2, -0.15) is 0 Å². The van der Waals surface area contributed by atoms with Crippen molar-refractivity contribution in [3.05, 3.63) is 51.1 Å². The molecule has 0 aliphatic carbocycles. The van der Waals surface area contributed by atoms with Gasteiger partial charge in [-0.25, -0.2) is 0 Å². The lowest BCUT2D eigenvalue weighted by atomic mass is 9.89. The van der Waals surface area contributed by atoms with E-state index < -0.39 is 5.43 Å². The summed E-state index contributed by atoms with van der Waals surface area (Å²) in [6, 6.07) is 7.13. The SMILES string of the molecule is COc1ccc(Cl)c(-c2cc(=O)c3c(O)cc(O)c([C@H]4CCN(C)[C@@H]4CO)c3o2)c1. The quantitative estimate of drug-likeness (QED) is 0.582. The van der Waals surface area contributed by atoms with Crippen molar-refractivity contribution in [1.29, 1.82) is 0 Å². The molecule has 2 atom stereocenters. The van der Waals surface area contributed by atoms with E-state index in [1.165, 1.54) is 13.2 Å². The standard InChI is InChI=1S/C22H22ClNO6/c1-24-6-5-12(15(24)10-25)20-16(26)8-17(27)21-18(28)9-19(30-22(20)21)13-7-11(29-2)3-4-14(13)23/h3-4,7-9,12,15,25-27H,5-6,10H2,1-2H3/t12-,15+/m0/s1. The molecule has 7 nitrogen and oxygen atoms in total. The molecule has 0 saturated carbocycles. The molecule has 8 heteroatoms.